The van der Waals surface area contributed by atoms with Gasteiger partial charge in [0.25, 0.3) is 0 Å². The van der Waals surface area contributed by atoms with Crippen molar-refractivity contribution < 1.29 is 9.53 Å². The SMILES string of the molecule is CC(C)Oc1cc2c(cc1Cl)C(N)C(=O)N2. The van der Waals surface area contributed by atoms with Gasteiger partial charge in [0, 0.05) is 17.3 Å². The highest BCUT2D eigenvalue weighted by Gasteiger charge is 2.28. The van der Waals surface area contributed by atoms with Gasteiger partial charge in [-0.05, 0) is 19.9 Å². The fraction of sp³-hybridized carbons (Fsp3) is 0.364. The summed E-state index contributed by atoms with van der Waals surface area (Å²) in [7, 11) is 0. The summed E-state index contributed by atoms with van der Waals surface area (Å²) in [6, 6.07) is 2.75. The van der Waals surface area contributed by atoms with Crippen LogP contribution in [0.15, 0.2) is 12.1 Å². The van der Waals surface area contributed by atoms with Crippen molar-refractivity contribution in [3.8, 4) is 5.75 Å². The van der Waals surface area contributed by atoms with Gasteiger partial charge < -0.3 is 15.8 Å². The van der Waals surface area contributed by atoms with Gasteiger partial charge in [-0.1, -0.05) is 11.6 Å². The van der Waals surface area contributed by atoms with E-state index in [-0.39, 0.29) is 12.0 Å². The van der Waals surface area contributed by atoms with E-state index >= 15 is 0 Å². The van der Waals surface area contributed by atoms with Gasteiger partial charge in [0.1, 0.15) is 11.8 Å². The molecule has 0 spiro atoms. The maximum absolute atomic E-state index is 11.4. The van der Waals surface area contributed by atoms with Crippen LogP contribution in [-0.4, -0.2) is 12.0 Å². The van der Waals surface area contributed by atoms with Crippen molar-refractivity contribution in [2.45, 2.75) is 26.0 Å². The van der Waals surface area contributed by atoms with Gasteiger partial charge in [0.2, 0.25) is 5.91 Å². The summed E-state index contributed by atoms with van der Waals surface area (Å²) in [6.07, 6.45) is 0.0290. The number of nitrogens with two attached hydrogens (primary N) is 1. The lowest BCUT2D eigenvalue weighted by Crippen LogP contribution is -2.19. The minimum absolute atomic E-state index is 0.0290. The van der Waals surface area contributed by atoms with Crippen molar-refractivity contribution in [3.05, 3.63) is 22.7 Å². The average Bonchev–Trinajstić information content (AvgIpc) is 2.44. The second kappa shape index (κ2) is 3.96. The van der Waals surface area contributed by atoms with Gasteiger partial charge in [-0.3, -0.25) is 4.79 Å². The van der Waals surface area contributed by atoms with Crippen molar-refractivity contribution in [2.24, 2.45) is 5.73 Å². The third-order valence-electron chi connectivity index (χ3n) is 2.34. The maximum Gasteiger partial charge on any atom is 0.245 e. The van der Waals surface area contributed by atoms with Crippen LogP contribution >= 0.6 is 11.6 Å². The van der Waals surface area contributed by atoms with Gasteiger partial charge in [-0.15, -0.1) is 0 Å². The largest absolute Gasteiger partial charge is 0.489 e. The predicted molar refractivity (Wildman–Crippen MR) is 62.8 cm³/mol. The minimum atomic E-state index is -0.638. The lowest BCUT2D eigenvalue weighted by atomic mass is 10.1. The number of carbonyl (C=O) groups is 1. The molecule has 1 amide bonds. The smallest absolute Gasteiger partial charge is 0.245 e. The van der Waals surface area contributed by atoms with E-state index in [1.54, 1.807) is 12.1 Å². The Bertz CT molecular complexity index is 446. The molecule has 1 atom stereocenters. The molecule has 5 heteroatoms. The summed E-state index contributed by atoms with van der Waals surface area (Å²) in [6.45, 7) is 3.82. The molecule has 1 aromatic carbocycles. The highest BCUT2D eigenvalue weighted by molar-refractivity contribution is 6.32. The van der Waals surface area contributed by atoms with E-state index in [0.29, 0.717) is 22.0 Å². The minimum Gasteiger partial charge on any atom is -0.489 e. The predicted octanol–water partition coefficient (Wildman–Crippen LogP) is 2.08. The van der Waals surface area contributed by atoms with Crippen molar-refractivity contribution in [1.29, 1.82) is 0 Å². The lowest BCUT2D eigenvalue weighted by Gasteiger charge is -2.13. The van der Waals surface area contributed by atoms with Crippen LogP contribution in [0.4, 0.5) is 5.69 Å². The monoisotopic (exact) mass is 240 g/mol. The second-order valence-electron chi connectivity index (χ2n) is 4.00. The number of ether oxygens (including phenoxy) is 1. The molecule has 1 unspecified atom stereocenters. The molecule has 0 saturated carbocycles. The molecule has 0 radical (unpaired) electrons. The van der Waals surface area contributed by atoms with Crippen LogP contribution in [0.1, 0.15) is 25.5 Å². The van der Waals surface area contributed by atoms with Crippen molar-refractivity contribution in [3.63, 3.8) is 0 Å². The Morgan fingerprint density at radius 1 is 1.50 bits per heavy atom. The Hall–Kier alpha value is -1.26. The van der Waals surface area contributed by atoms with Gasteiger partial charge >= 0.3 is 0 Å². The van der Waals surface area contributed by atoms with Gasteiger partial charge in [0.15, 0.2) is 0 Å². The first-order chi connectivity index (χ1) is 7.49. The molecule has 86 valence electrons. The number of nitrogens with one attached hydrogen (secondary N) is 1. The molecule has 1 heterocycles. The van der Waals surface area contributed by atoms with E-state index in [2.05, 4.69) is 5.32 Å². The molecule has 0 saturated heterocycles. The Morgan fingerprint density at radius 3 is 2.81 bits per heavy atom. The highest BCUT2D eigenvalue weighted by Crippen LogP contribution is 2.37. The summed E-state index contributed by atoms with van der Waals surface area (Å²) >= 11 is 6.05. The van der Waals surface area contributed by atoms with E-state index in [4.69, 9.17) is 22.1 Å². The first kappa shape index (κ1) is 11.2. The summed E-state index contributed by atoms with van der Waals surface area (Å²) < 4.78 is 5.52. The molecular formula is C11H13ClN2O2. The first-order valence-corrected chi connectivity index (χ1v) is 5.43. The van der Waals surface area contributed by atoms with E-state index in [1.807, 2.05) is 13.8 Å². The summed E-state index contributed by atoms with van der Waals surface area (Å²) in [5.41, 5.74) is 7.09. The molecule has 0 aromatic heterocycles. The molecule has 16 heavy (non-hydrogen) atoms. The van der Waals surface area contributed by atoms with Gasteiger partial charge in [-0.25, -0.2) is 0 Å². The Labute approximate surface area is 98.7 Å². The lowest BCUT2D eigenvalue weighted by molar-refractivity contribution is -0.116. The van der Waals surface area contributed by atoms with E-state index in [0.717, 1.165) is 0 Å². The summed E-state index contributed by atoms with van der Waals surface area (Å²) in [5.74, 6) is 0.345. The number of carbonyl (C=O) groups excluding carboxylic acids is 1. The van der Waals surface area contributed by atoms with Crippen LogP contribution in [0.3, 0.4) is 0 Å². The molecule has 0 fully saturated rings. The van der Waals surface area contributed by atoms with Crippen molar-refractivity contribution in [1.82, 2.24) is 0 Å². The van der Waals surface area contributed by atoms with Gasteiger partial charge in [0.05, 0.1) is 11.1 Å². The number of hydrogen-bond donors (Lipinski definition) is 2. The first-order valence-electron chi connectivity index (χ1n) is 5.05. The number of fused-ring (bicyclic) bond motifs is 1. The van der Waals surface area contributed by atoms with Crippen LogP contribution < -0.4 is 15.8 Å². The summed E-state index contributed by atoms with van der Waals surface area (Å²) in [4.78, 5) is 11.4. The van der Waals surface area contributed by atoms with Crippen LogP contribution in [0.5, 0.6) is 5.75 Å². The molecule has 1 aliphatic heterocycles. The fourth-order valence-electron chi connectivity index (χ4n) is 1.63. The van der Waals surface area contributed by atoms with E-state index in [9.17, 15) is 4.79 Å². The van der Waals surface area contributed by atoms with Crippen LogP contribution in [0, 0.1) is 0 Å². The average molecular weight is 241 g/mol. The number of amides is 1. The molecule has 0 aliphatic carbocycles. The number of anilines is 1. The zero-order valence-corrected chi connectivity index (χ0v) is 9.84. The Morgan fingerprint density at radius 2 is 2.19 bits per heavy atom. The normalized spacial score (nSPS) is 18.6. The quantitative estimate of drug-likeness (QED) is 0.832. The molecular weight excluding hydrogens is 228 g/mol. The van der Waals surface area contributed by atoms with E-state index in [1.165, 1.54) is 0 Å². The van der Waals surface area contributed by atoms with E-state index < -0.39 is 6.04 Å². The molecule has 1 aliphatic rings. The third kappa shape index (κ3) is 1.86. The van der Waals surface area contributed by atoms with Crippen LogP contribution in [0.2, 0.25) is 5.02 Å². The number of hydrogen-bond acceptors (Lipinski definition) is 3. The third-order valence-corrected chi connectivity index (χ3v) is 2.64. The zero-order chi connectivity index (χ0) is 11.9. The molecule has 0 bridgehead atoms. The molecule has 4 nitrogen and oxygen atoms in total. The maximum atomic E-state index is 11.4. The topological polar surface area (TPSA) is 64.3 Å². The molecule has 1 aromatic rings. The molecule has 2 rings (SSSR count). The van der Waals surface area contributed by atoms with Crippen molar-refractivity contribution in [2.75, 3.05) is 5.32 Å². The van der Waals surface area contributed by atoms with Crippen molar-refractivity contribution >= 4 is 23.2 Å². The van der Waals surface area contributed by atoms with Crippen LogP contribution in [-0.2, 0) is 4.79 Å². The number of halogens is 1. The fourth-order valence-corrected chi connectivity index (χ4v) is 1.85. The number of rotatable bonds is 2. The zero-order valence-electron chi connectivity index (χ0n) is 9.08. The van der Waals surface area contributed by atoms with Gasteiger partial charge in [-0.2, -0.15) is 0 Å². The highest BCUT2D eigenvalue weighted by atomic mass is 35.5. The Kier molecular flexibility index (Phi) is 2.78. The number of benzene rings is 1. The summed E-state index contributed by atoms with van der Waals surface area (Å²) in [5, 5.41) is 3.16. The molecule has 3 N–H and O–H groups in total. The van der Waals surface area contributed by atoms with Crippen LogP contribution in [0.25, 0.3) is 0 Å². The second-order valence-corrected chi connectivity index (χ2v) is 4.41. The Balaban J connectivity index is 2.40. The standard InChI is InChI=1S/C11H13ClN2O2/c1-5(2)16-9-4-8-6(3-7(9)12)10(13)11(15)14-8/h3-5,10H,13H2,1-2H3,(H,14,15).